The zero-order chi connectivity index (χ0) is 13.7. The first-order valence-corrected chi connectivity index (χ1v) is 7.81. The van der Waals surface area contributed by atoms with Gasteiger partial charge in [0.15, 0.2) is 0 Å². The molecule has 0 aromatic carbocycles. The molecule has 1 saturated heterocycles. The van der Waals surface area contributed by atoms with Gasteiger partial charge in [0.2, 0.25) is 5.91 Å². The molecule has 0 bridgehead atoms. The number of likely N-dealkylation sites (N-methyl/N-ethyl adjacent to an activating group) is 1. The Balaban J connectivity index is 1.89. The van der Waals surface area contributed by atoms with E-state index in [-0.39, 0.29) is 11.8 Å². The van der Waals surface area contributed by atoms with Gasteiger partial charge >= 0.3 is 0 Å². The Labute approximate surface area is 117 Å². The topological polar surface area (TPSA) is 35.6 Å². The van der Waals surface area contributed by atoms with Crippen LogP contribution in [0, 0.1) is 11.8 Å². The standard InChI is InChI=1S/C15H29N3O/c1-16-15(19)14-11-17(2)8-9-18(12-14)10-13-6-4-3-5-7-13/h13-14H,3-12H2,1-2H3,(H,16,19)/t14-/m1/s1. The number of carbonyl (C=O) groups is 1. The molecule has 1 aliphatic heterocycles. The number of carbonyl (C=O) groups excluding carboxylic acids is 1. The highest BCUT2D eigenvalue weighted by Gasteiger charge is 2.27. The quantitative estimate of drug-likeness (QED) is 0.834. The minimum atomic E-state index is 0.126. The largest absolute Gasteiger partial charge is 0.359 e. The van der Waals surface area contributed by atoms with E-state index in [0.717, 1.165) is 32.1 Å². The second kappa shape index (κ2) is 7.25. The van der Waals surface area contributed by atoms with Crippen molar-refractivity contribution in [2.45, 2.75) is 32.1 Å². The molecular formula is C15H29N3O. The first kappa shape index (κ1) is 14.8. The molecule has 0 unspecified atom stereocenters. The summed E-state index contributed by atoms with van der Waals surface area (Å²) in [6, 6.07) is 0. The lowest BCUT2D eigenvalue weighted by Gasteiger charge is -2.29. The van der Waals surface area contributed by atoms with Gasteiger partial charge in [0.1, 0.15) is 0 Å². The van der Waals surface area contributed by atoms with Gasteiger partial charge in [0.05, 0.1) is 5.92 Å². The lowest BCUT2D eigenvalue weighted by Crippen LogP contribution is -2.40. The fourth-order valence-corrected chi connectivity index (χ4v) is 3.51. The van der Waals surface area contributed by atoms with E-state index in [1.165, 1.54) is 38.6 Å². The molecule has 1 heterocycles. The first-order valence-electron chi connectivity index (χ1n) is 7.81. The molecule has 0 spiro atoms. The van der Waals surface area contributed by atoms with E-state index in [9.17, 15) is 4.79 Å². The van der Waals surface area contributed by atoms with Crippen LogP contribution in [0.2, 0.25) is 0 Å². The molecule has 0 aromatic heterocycles. The predicted molar refractivity (Wildman–Crippen MR) is 78.1 cm³/mol. The van der Waals surface area contributed by atoms with E-state index in [1.54, 1.807) is 7.05 Å². The van der Waals surface area contributed by atoms with Crippen molar-refractivity contribution < 1.29 is 4.79 Å². The Morgan fingerprint density at radius 1 is 1.16 bits per heavy atom. The maximum absolute atomic E-state index is 11.9. The highest BCUT2D eigenvalue weighted by atomic mass is 16.1. The highest BCUT2D eigenvalue weighted by molar-refractivity contribution is 5.78. The zero-order valence-corrected chi connectivity index (χ0v) is 12.5. The minimum Gasteiger partial charge on any atom is -0.359 e. The van der Waals surface area contributed by atoms with E-state index in [4.69, 9.17) is 0 Å². The third kappa shape index (κ3) is 4.46. The molecular weight excluding hydrogens is 238 g/mol. The van der Waals surface area contributed by atoms with E-state index in [2.05, 4.69) is 22.2 Å². The van der Waals surface area contributed by atoms with Crippen LogP contribution in [0.15, 0.2) is 0 Å². The van der Waals surface area contributed by atoms with Gasteiger partial charge in [0, 0.05) is 39.8 Å². The second-order valence-electron chi connectivity index (χ2n) is 6.34. The Kier molecular flexibility index (Phi) is 5.64. The summed E-state index contributed by atoms with van der Waals surface area (Å²) in [6.45, 7) is 5.21. The predicted octanol–water partition coefficient (Wildman–Crippen LogP) is 1.18. The van der Waals surface area contributed by atoms with Gasteiger partial charge in [-0.25, -0.2) is 0 Å². The SMILES string of the molecule is CNC(=O)[C@@H]1CN(C)CCN(CC2CCCCC2)C1. The van der Waals surface area contributed by atoms with Crippen LogP contribution < -0.4 is 5.32 Å². The van der Waals surface area contributed by atoms with Crippen molar-refractivity contribution in [3.8, 4) is 0 Å². The van der Waals surface area contributed by atoms with Crippen molar-refractivity contribution in [1.82, 2.24) is 15.1 Å². The number of nitrogens with zero attached hydrogens (tertiary/aromatic N) is 2. The maximum atomic E-state index is 11.9. The van der Waals surface area contributed by atoms with E-state index in [0.29, 0.717) is 0 Å². The lowest BCUT2D eigenvalue weighted by molar-refractivity contribution is -0.125. The fraction of sp³-hybridized carbons (Fsp3) is 0.933. The van der Waals surface area contributed by atoms with Crippen LogP contribution in [0.3, 0.4) is 0 Å². The fourth-order valence-electron chi connectivity index (χ4n) is 3.51. The van der Waals surface area contributed by atoms with Gasteiger partial charge in [0.25, 0.3) is 0 Å². The third-order valence-electron chi connectivity index (χ3n) is 4.67. The maximum Gasteiger partial charge on any atom is 0.225 e. The van der Waals surface area contributed by atoms with E-state index in [1.807, 2.05) is 0 Å². The average molecular weight is 267 g/mol. The Bertz CT molecular complexity index is 289. The molecule has 1 aliphatic carbocycles. The summed E-state index contributed by atoms with van der Waals surface area (Å²) >= 11 is 0. The van der Waals surface area contributed by atoms with Crippen molar-refractivity contribution >= 4 is 5.91 Å². The molecule has 19 heavy (non-hydrogen) atoms. The molecule has 1 atom stereocenters. The van der Waals surface area contributed by atoms with Crippen LogP contribution in [-0.2, 0) is 4.79 Å². The van der Waals surface area contributed by atoms with Crippen LogP contribution in [0.25, 0.3) is 0 Å². The molecule has 110 valence electrons. The van der Waals surface area contributed by atoms with Gasteiger partial charge < -0.3 is 15.1 Å². The molecule has 2 aliphatic rings. The van der Waals surface area contributed by atoms with Crippen LogP contribution in [0.5, 0.6) is 0 Å². The minimum absolute atomic E-state index is 0.126. The third-order valence-corrected chi connectivity index (χ3v) is 4.67. The summed E-state index contributed by atoms with van der Waals surface area (Å²) in [4.78, 5) is 16.8. The molecule has 1 N–H and O–H groups in total. The summed E-state index contributed by atoms with van der Waals surface area (Å²) < 4.78 is 0. The average Bonchev–Trinajstić information content (AvgIpc) is 2.61. The van der Waals surface area contributed by atoms with Crippen LogP contribution >= 0.6 is 0 Å². The van der Waals surface area contributed by atoms with Crippen molar-refractivity contribution in [3.63, 3.8) is 0 Å². The van der Waals surface area contributed by atoms with Crippen molar-refractivity contribution in [2.24, 2.45) is 11.8 Å². The number of nitrogens with one attached hydrogen (secondary N) is 1. The van der Waals surface area contributed by atoms with E-state index >= 15 is 0 Å². The summed E-state index contributed by atoms with van der Waals surface area (Å²) in [6.07, 6.45) is 6.99. The zero-order valence-electron chi connectivity index (χ0n) is 12.5. The highest BCUT2D eigenvalue weighted by Crippen LogP contribution is 2.25. The molecule has 1 amide bonds. The molecule has 1 saturated carbocycles. The Hall–Kier alpha value is -0.610. The normalized spacial score (nSPS) is 28.0. The second-order valence-corrected chi connectivity index (χ2v) is 6.34. The summed E-state index contributed by atoms with van der Waals surface area (Å²) in [5.74, 6) is 1.19. The first-order chi connectivity index (χ1) is 9.19. The number of hydrogen-bond donors (Lipinski definition) is 1. The summed E-state index contributed by atoms with van der Waals surface area (Å²) in [7, 11) is 3.87. The van der Waals surface area contributed by atoms with Gasteiger partial charge in [-0.2, -0.15) is 0 Å². The van der Waals surface area contributed by atoms with Crippen LogP contribution in [0.1, 0.15) is 32.1 Å². The van der Waals surface area contributed by atoms with E-state index < -0.39 is 0 Å². The molecule has 2 fully saturated rings. The molecule has 4 heteroatoms. The number of amides is 1. The van der Waals surface area contributed by atoms with Gasteiger partial charge in [-0.1, -0.05) is 19.3 Å². The van der Waals surface area contributed by atoms with Gasteiger partial charge in [-0.15, -0.1) is 0 Å². The van der Waals surface area contributed by atoms with Crippen molar-refractivity contribution in [2.75, 3.05) is 46.8 Å². The smallest absolute Gasteiger partial charge is 0.225 e. The summed E-state index contributed by atoms with van der Waals surface area (Å²) in [5.41, 5.74) is 0. The van der Waals surface area contributed by atoms with Crippen LogP contribution in [-0.4, -0.2) is 62.5 Å². The lowest BCUT2D eigenvalue weighted by atomic mass is 9.89. The number of rotatable bonds is 3. The van der Waals surface area contributed by atoms with Gasteiger partial charge in [-0.05, 0) is 25.8 Å². The molecule has 4 nitrogen and oxygen atoms in total. The number of hydrogen-bond acceptors (Lipinski definition) is 3. The molecule has 0 radical (unpaired) electrons. The summed E-state index contributed by atoms with van der Waals surface area (Å²) in [5, 5.41) is 2.81. The monoisotopic (exact) mass is 267 g/mol. The Morgan fingerprint density at radius 3 is 2.58 bits per heavy atom. The molecule has 0 aromatic rings. The molecule has 2 rings (SSSR count). The van der Waals surface area contributed by atoms with Crippen molar-refractivity contribution in [3.05, 3.63) is 0 Å². The van der Waals surface area contributed by atoms with Crippen LogP contribution in [0.4, 0.5) is 0 Å². The van der Waals surface area contributed by atoms with Crippen molar-refractivity contribution in [1.29, 1.82) is 0 Å². The van der Waals surface area contributed by atoms with Gasteiger partial charge in [-0.3, -0.25) is 4.79 Å². The Morgan fingerprint density at radius 2 is 1.89 bits per heavy atom.